The molecule has 5 heteroatoms. The number of nitrogens with one attached hydrogen (secondary N) is 2. The molecule has 0 spiro atoms. The summed E-state index contributed by atoms with van der Waals surface area (Å²) in [6.07, 6.45) is 1.01. The molecule has 0 atom stereocenters. The van der Waals surface area contributed by atoms with Crippen molar-refractivity contribution in [2.45, 2.75) is 6.42 Å². The first-order chi connectivity index (χ1) is 10.2. The first-order valence-electron chi connectivity index (χ1n) is 6.87. The zero-order valence-electron chi connectivity index (χ0n) is 11.4. The monoisotopic (exact) mass is 285 g/mol. The van der Waals surface area contributed by atoms with Crippen molar-refractivity contribution < 1.29 is 9.50 Å². The van der Waals surface area contributed by atoms with Crippen molar-refractivity contribution in [3.63, 3.8) is 0 Å². The maximum Gasteiger partial charge on any atom is 0.147 e. The summed E-state index contributed by atoms with van der Waals surface area (Å²) in [7, 11) is 0. The number of anilines is 2. The summed E-state index contributed by atoms with van der Waals surface area (Å²) in [5.74, 6) is 0.588. The molecule has 0 fully saturated rings. The number of aliphatic imine (C=N–C) groups is 1. The third-order valence-corrected chi connectivity index (χ3v) is 3.29. The lowest BCUT2D eigenvalue weighted by Crippen LogP contribution is -2.30. The number of aromatic hydroxyl groups is 1. The fourth-order valence-electron chi connectivity index (χ4n) is 2.19. The van der Waals surface area contributed by atoms with Crippen LogP contribution in [0.3, 0.4) is 0 Å². The number of halogens is 1. The third-order valence-electron chi connectivity index (χ3n) is 3.29. The zero-order valence-corrected chi connectivity index (χ0v) is 11.4. The number of phenolic OH excluding ortho intramolecular Hbond substituents is 1. The van der Waals surface area contributed by atoms with Crippen molar-refractivity contribution in [2.75, 3.05) is 18.4 Å². The van der Waals surface area contributed by atoms with Gasteiger partial charge in [-0.1, -0.05) is 0 Å². The molecule has 0 unspecified atom stereocenters. The van der Waals surface area contributed by atoms with E-state index in [-0.39, 0.29) is 11.6 Å². The van der Waals surface area contributed by atoms with Crippen LogP contribution >= 0.6 is 0 Å². The SMILES string of the molecule is Oc1ccc(Nc2ccc(C3=NCCCN3)cc2F)cc1. The molecule has 1 heterocycles. The number of hydrogen-bond donors (Lipinski definition) is 3. The average molecular weight is 285 g/mol. The Labute approximate surface area is 122 Å². The van der Waals surface area contributed by atoms with Crippen LogP contribution in [-0.2, 0) is 0 Å². The predicted molar refractivity (Wildman–Crippen MR) is 81.8 cm³/mol. The van der Waals surface area contributed by atoms with Crippen molar-refractivity contribution in [3.8, 4) is 5.75 Å². The Morgan fingerprint density at radius 1 is 1.14 bits per heavy atom. The van der Waals surface area contributed by atoms with Gasteiger partial charge in [0.1, 0.15) is 17.4 Å². The Morgan fingerprint density at radius 3 is 2.62 bits per heavy atom. The molecule has 0 aromatic heterocycles. The second-order valence-corrected chi connectivity index (χ2v) is 4.88. The molecule has 3 N–H and O–H groups in total. The van der Waals surface area contributed by atoms with Crippen molar-refractivity contribution in [1.29, 1.82) is 0 Å². The molecule has 21 heavy (non-hydrogen) atoms. The van der Waals surface area contributed by atoms with Crippen molar-refractivity contribution >= 4 is 17.2 Å². The Balaban J connectivity index is 1.81. The molecule has 3 rings (SSSR count). The lowest BCUT2D eigenvalue weighted by molar-refractivity contribution is 0.475. The van der Waals surface area contributed by atoms with Gasteiger partial charge in [0.25, 0.3) is 0 Å². The molecule has 4 nitrogen and oxygen atoms in total. The molecule has 2 aromatic carbocycles. The number of phenols is 1. The van der Waals surface area contributed by atoms with Crippen molar-refractivity contribution in [3.05, 3.63) is 53.8 Å². The molecule has 1 aliphatic rings. The normalized spacial score (nSPS) is 14.2. The van der Waals surface area contributed by atoms with Crippen LogP contribution < -0.4 is 10.6 Å². The van der Waals surface area contributed by atoms with Crippen molar-refractivity contribution in [2.24, 2.45) is 4.99 Å². The topological polar surface area (TPSA) is 56.6 Å². The first-order valence-corrected chi connectivity index (χ1v) is 6.87. The van der Waals surface area contributed by atoms with Crippen LogP contribution in [0.2, 0.25) is 0 Å². The highest BCUT2D eigenvalue weighted by Crippen LogP contribution is 2.22. The number of hydrogen-bond acceptors (Lipinski definition) is 4. The summed E-state index contributed by atoms with van der Waals surface area (Å²) < 4.78 is 14.2. The summed E-state index contributed by atoms with van der Waals surface area (Å²) in [6, 6.07) is 11.5. The van der Waals surface area contributed by atoms with E-state index in [4.69, 9.17) is 0 Å². The number of benzene rings is 2. The highest BCUT2D eigenvalue weighted by molar-refractivity contribution is 5.99. The molecule has 0 saturated heterocycles. The second kappa shape index (κ2) is 5.83. The van der Waals surface area contributed by atoms with E-state index in [2.05, 4.69) is 15.6 Å². The van der Waals surface area contributed by atoms with E-state index in [1.807, 2.05) is 6.07 Å². The minimum atomic E-state index is -0.337. The molecule has 0 saturated carbocycles. The lowest BCUT2D eigenvalue weighted by atomic mass is 10.1. The Kier molecular flexibility index (Phi) is 3.73. The van der Waals surface area contributed by atoms with E-state index in [0.717, 1.165) is 30.9 Å². The van der Waals surface area contributed by atoms with Crippen LogP contribution in [0.4, 0.5) is 15.8 Å². The maximum atomic E-state index is 14.2. The molecule has 2 aromatic rings. The molecule has 0 aliphatic carbocycles. The number of rotatable bonds is 3. The summed E-state index contributed by atoms with van der Waals surface area (Å²) in [5.41, 5.74) is 1.86. The minimum Gasteiger partial charge on any atom is -0.508 e. The summed E-state index contributed by atoms with van der Waals surface area (Å²) in [6.45, 7) is 1.64. The van der Waals surface area contributed by atoms with E-state index >= 15 is 0 Å². The predicted octanol–water partition coefficient (Wildman–Crippen LogP) is 3.01. The fraction of sp³-hybridized carbons (Fsp3) is 0.188. The quantitative estimate of drug-likeness (QED) is 0.760. The van der Waals surface area contributed by atoms with Gasteiger partial charge in [0.05, 0.1) is 5.69 Å². The van der Waals surface area contributed by atoms with Crippen LogP contribution in [0.5, 0.6) is 5.75 Å². The van der Waals surface area contributed by atoms with Crippen LogP contribution in [-0.4, -0.2) is 24.0 Å². The van der Waals surface area contributed by atoms with Crippen LogP contribution in [0.15, 0.2) is 47.5 Å². The number of nitrogens with zero attached hydrogens (tertiary/aromatic N) is 1. The van der Waals surface area contributed by atoms with E-state index in [1.54, 1.807) is 30.3 Å². The lowest BCUT2D eigenvalue weighted by Gasteiger charge is -2.15. The zero-order chi connectivity index (χ0) is 14.7. The van der Waals surface area contributed by atoms with Gasteiger partial charge in [-0.15, -0.1) is 0 Å². The van der Waals surface area contributed by atoms with Gasteiger partial charge in [-0.05, 0) is 48.9 Å². The largest absolute Gasteiger partial charge is 0.508 e. The molecule has 1 aliphatic heterocycles. The van der Waals surface area contributed by atoms with Crippen LogP contribution in [0.1, 0.15) is 12.0 Å². The van der Waals surface area contributed by atoms with E-state index in [1.165, 1.54) is 6.07 Å². The van der Waals surface area contributed by atoms with E-state index < -0.39 is 0 Å². The highest BCUT2D eigenvalue weighted by atomic mass is 19.1. The van der Waals surface area contributed by atoms with Gasteiger partial charge >= 0.3 is 0 Å². The molecule has 0 bridgehead atoms. The van der Waals surface area contributed by atoms with Gasteiger partial charge in [-0.25, -0.2) is 4.39 Å². The Bertz CT molecular complexity index is 668. The standard InChI is InChI=1S/C16H16FN3O/c17-14-10-11(16-18-8-1-9-19-16)2-7-15(14)20-12-3-5-13(21)6-4-12/h2-7,10,20-21H,1,8-9H2,(H,18,19). The highest BCUT2D eigenvalue weighted by Gasteiger charge is 2.10. The smallest absolute Gasteiger partial charge is 0.147 e. The van der Waals surface area contributed by atoms with Gasteiger partial charge < -0.3 is 15.7 Å². The summed E-state index contributed by atoms with van der Waals surface area (Å²) >= 11 is 0. The maximum absolute atomic E-state index is 14.2. The summed E-state index contributed by atoms with van der Waals surface area (Å²) in [4.78, 5) is 4.35. The van der Waals surface area contributed by atoms with Gasteiger partial charge in [-0.3, -0.25) is 4.99 Å². The average Bonchev–Trinajstić information content (AvgIpc) is 2.52. The van der Waals surface area contributed by atoms with Crippen LogP contribution in [0.25, 0.3) is 0 Å². The molecular formula is C16H16FN3O. The Morgan fingerprint density at radius 2 is 1.95 bits per heavy atom. The molecular weight excluding hydrogens is 269 g/mol. The Hall–Kier alpha value is -2.56. The summed E-state index contributed by atoms with van der Waals surface area (Å²) in [5, 5.41) is 15.4. The van der Waals surface area contributed by atoms with Gasteiger partial charge in [0, 0.05) is 24.3 Å². The van der Waals surface area contributed by atoms with Gasteiger partial charge in [-0.2, -0.15) is 0 Å². The number of amidine groups is 1. The van der Waals surface area contributed by atoms with E-state index in [9.17, 15) is 9.50 Å². The van der Waals surface area contributed by atoms with Gasteiger partial charge in [0.2, 0.25) is 0 Å². The van der Waals surface area contributed by atoms with E-state index in [0.29, 0.717) is 11.4 Å². The van der Waals surface area contributed by atoms with Crippen molar-refractivity contribution in [1.82, 2.24) is 5.32 Å². The fourth-order valence-corrected chi connectivity index (χ4v) is 2.19. The third kappa shape index (κ3) is 3.13. The van der Waals surface area contributed by atoms with Gasteiger partial charge in [0.15, 0.2) is 0 Å². The molecule has 0 radical (unpaired) electrons. The van der Waals surface area contributed by atoms with Crippen LogP contribution in [0, 0.1) is 5.82 Å². The minimum absolute atomic E-state index is 0.178. The first kappa shape index (κ1) is 13.4. The molecule has 0 amide bonds. The second-order valence-electron chi connectivity index (χ2n) is 4.88. The molecule has 108 valence electrons.